The van der Waals surface area contributed by atoms with Crippen molar-refractivity contribution in [3.05, 3.63) is 0 Å². The Hall–Kier alpha value is -0.610. The number of nitrogens with two attached hydrogens (primary N) is 1. The molecule has 1 heterocycles. The molecule has 1 saturated carbocycles. The zero-order chi connectivity index (χ0) is 12.8. The summed E-state index contributed by atoms with van der Waals surface area (Å²) in [5.74, 6) is 0.150. The first-order valence-corrected chi connectivity index (χ1v) is 7.37. The standard InChI is InChI=1S/C14H26N2O2/c15-11-14(8-2-3-9-14)16-13(17)7-6-12-5-1-4-10-18-12/h12H,1-11,15H2,(H,16,17). The highest BCUT2D eigenvalue weighted by atomic mass is 16.5. The van der Waals surface area contributed by atoms with Crippen LogP contribution >= 0.6 is 0 Å². The fraction of sp³-hybridized carbons (Fsp3) is 0.929. The van der Waals surface area contributed by atoms with Crippen LogP contribution in [0.15, 0.2) is 0 Å². The third kappa shape index (κ3) is 3.69. The van der Waals surface area contributed by atoms with Crippen LogP contribution in [-0.4, -0.2) is 30.7 Å². The third-order valence-electron chi connectivity index (χ3n) is 4.32. The second-order valence-electron chi connectivity index (χ2n) is 5.77. The van der Waals surface area contributed by atoms with Gasteiger partial charge in [-0.05, 0) is 38.5 Å². The minimum absolute atomic E-state index is 0.107. The van der Waals surface area contributed by atoms with Gasteiger partial charge in [0.05, 0.1) is 11.6 Å². The normalized spacial score (nSPS) is 27.1. The molecule has 0 aromatic rings. The van der Waals surface area contributed by atoms with Gasteiger partial charge < -0.3 is 15.8 Å². The molecule has 104 valence electrons. The lowest BCUT2D eigenvalue weighted by molar-refractivity contribution is -0.123. The monoisotopic (exact) mass is 254 g/mol. The molecule has 3 N–H and O–H groups in total. The summed E-state index contributed by atoms with van der Waals surface area (Å²) in [7, 11) is 0. The number of hydrogen-bond donors (Lipinski definition) is 2. The average molecular weight is 254 g/mol. The maximum atomic E-state index is 12.0. The molecule has 2 rings (SSSR count). The summed E-state index contributed by atoms with van der Waals surface area (Å²) in [5, 5.41) is 3.16. The van der Waals surface area contributed by atoms with Gasteiger partial charge >= 0.3 is 0 Å². The molecule has 1 aliphatic heterocycles. The largest absolute Gasteiger partial charge is 0.378 e. The summed E-state index contributed by atoms with van der Waals surface area (Å²) in [6.45, 7) is 1.43. The van der Waals surface area contributed by atoms with E-state index in [9.17, 15) is 4.79 Å². The van der Waals surface area contributed by atoms with E-state index in [0.717, 1.165) is 32.3 Å². The molecule has 4 heteroatoms. The molecular weight excluding hydrogens is 228 g/mol. The van der Waals surface area contributed by atoms with Gasteiger partial charge in [0.25, 0.3) is 0 Å². The number of rotatable bonds is 5. The minimum Gasteiger partial charge on any atom is -0.378 e. The molecule has 1 atom stereocenters. The van der Waals surface area contributed by atoms with Crippen molar-refractivity contribution in [1.29, 1.82) is 0 Å². The second kappa shape index (κ2) is 6.53. The molecule has 0 spiro atoms. The Bertz CT molecular complexity index is 269. The van der Waals surface area contributed by atoms with E-state index in [1.165, 1.54) is 25.7 Å². The van der Waals surface area contributed by atoms with Gasteiger partial charge in [0.15, 0.2) is 0 Å². The van der Waals surface area contributed by atoms with Gasteiger partial charge in [0, 0.05) is 19.6 Å². The number of nitrogens with one attached hydrogen (secondary N) is 1. The van der Waals surface area contributed by atoms with E-state index in [1.807, 2.05) is 0 Å². The minimum atomic E-state index is -0.107. The zero-order valence-corrected chi connectivity index (χ0v) is 11.2. The number of carbonyl (C=O) groups is 1. The van der Waals surface area contributed by atoms with Gasteiger partial charge in [0.2, 0.25) is 5.91 Å². The Morgan fingerprint density at radius 2 is 2.06 bits per heavy atom. The van der Waals surface area contributed by atoms with Gasteiger partial charge in [-0.1, -0.05) is 12.8 Å². The van der Waals surface area contributed by atoms with Crippen LogP contribution in [0.1, 0.15) is 57.8 Å². The second-order valence-corrected chi connectivity index (χ2v) is 5.77. The number of hydrogen-bond acceptors (Lipinski definition) is 3. The van der Waals surface area contributed by atoms with Crippen molar-refractivity contribution in [2.24, 2.45) is 5.73 Å². The quantitative estimate of drug-likeness (QED) is 0.785. The topological polar surface area (TPSA) is 64.3 Å². The lowest BCUT2D eigenvalue weighted by Crippen LogP contribution is -2.51. The van der Waals surface area contributed by atoms with Crippen molar-refractivity contribution in [3.8, 4) is 0 Å². The Labute approximate surface area is 110 Å². The molecule has 2 aliphatic rings. The first-order valence-electron chi connectivity index (χ1n) is 7.37. The van der Waals surface area contributed by atoms with Gasteiger partial charge in [-0.15, -0.1) is 0 Å². The van der Waals surface area contributed by atoms with Crippen LogP contribution in [0.5, 0.6) is 0 Å². The van der Waals surface area contributed by atoms with E-state index in [-0.39, 0.29) is 11.4 Å². The average Bonchev–Trinajstić information content (AvgIpc) is 2.87. The summed E-state index contributed by atoms with van der Waals surface area (Å²) < 4.78 is 5.65. The molecule has 1 saturated heterocycles. The summed E-state index contributed by atoms with van der Waals surface area (Å²) in [6, 6.07) is 0. The molecule has 0 aromatic carbocycles. The molecular formula is C14H26N2O2. The van der Waals surface area contributed by atoms with E-state index in [0.29, 0.717) is 19.1 Å². The van der Waals surface area contributed by atoms with Crippen LogP contribution in [-0.2, 0) is 9.53 Å². The molecule has 1 aliphatic carbocycles. The maximum absolute atomic E-state index is 12.0. The Morgan fingerprint density at radius 1 is 1.28 bits per heavy atom. The fourth-order valence-electron chi connectivity index (χ4n) is 3.12. The van der Waals surface area contributed by atoms with Crippen LogP contribution in [0.3, 0.4) is 0 Å². The van der Waals surface area contributed by atoms with Gasteiger partial charge in [-0.25, -0.2) is 0 Å². The zero-order valence-electron chi connectivity index (χ0n) is 11.2. The molecule has 2 fully saturated rings. The Morgan fingerprint density at radius 3 is 2.67 bits per heavy atom. The predicted octanol–water partition coefficient (Wildman–Crippen LogP) is 1.72. The van der Waals surface area contributed by atoms with E-state index < -0.39 is 0 Å². The van der Waals surface area contributed by atoms with E-state index in [2.05, 4.69) is 5.32 Å². The van der Waals surface area contributed by atoms with Crippen LogP contribution in [0.4, 0.5) is 0 Å². The lowest BCUT2D eigenvalue weighted by Gasteiger charge is -2.29. The number of carbonyl (C=O) groups excluding carboxylic acids is 1. The van der Waals surface area contributed by atoms with Crippen molar-refractivity contribution in [3.63, 3.8) is 0 Å². The first kappa shape index (κ1) is 13.8. The fourth-order valence-corrected chi connectivity index (χ4v) is 3.12. The number of amides is 1. The molecule has 4 nitrogen and oxygen atoms in total. The van der Waals surface area contributed by atoms with Crippen molar-refractivity contribution < 1.29 is 9.53 Å². The van der Waals surface area contributed by atoms with E-state index in [4.69, 9.17) is 10.5 Å². The van der Waals surface area contributed by atoms with Crippen molar-refractivity contribution in [2.75, 3.05) is 13.2 Å². The van der Waals surface area contributed by atoms with Crippen molar-refractivity contribution in [1.82, 2.24) is 5.32 Å². The predicted molar refractivity (Wildman–Crippen MR) is 71.2 cm³/mol. The van der Waals surface area contributed by atoms with Crippen molar-refractivity contribution in [2.45, 2.75) is 69.4 Å². The lowest BCUT2D eigenvalue weighted by atomic mass is 9.97. The SMILES string of the molecule is NCC1(NC(=O)CCC2CCCCO2)CCCC1. The molecule has 1 unspecified atom stereocenters. The van der Waals surface area contributed by atoms with Gasteiger partial charge in [0.1, 0.15) is 0 Å². The first-order chi connectivity index (χ1) is 8.74. The smallest absolute Gasteiger partial charge is 0.220 e. The Balaban J connectivity index is 1.70. The number of ether oxygens (including phenoxy) is 1. The molecule has 0 aromatic heterocycles. The summed E-state index contributed by atoms with van der Waals surface area (Å²) in [6.07, 6.45) is 9.67. The van der Waals surface area contributed by atoms with Crippen LogP contribution in [0, 0.1) is 0 Å². The highest BCUT2D eigenvalue weighted by Crippen LogP contribution is 2.28. The third-order valence-corrected chi connectivity index (χ3v) is 4.32. The molecule has 1 amide bonds. The van der Waals surface area contributed by atoms with E-state index in [1.54, 1.807) is 0 Å². The van der Waals surface area contributed by atoms with Crippen molar-refractivity contribution >= 4 is 5.91 Å². The summed E-state index contributed by atoms with van der Waals surface area (Å²) >= 11 is 0. The summed E-state index contributed by atoms with van der Waals surface area (Å²) in [5.41, 5.74) is 5.71. The van der Waals surface area contributed by atoms with Gasteiger partial charge in [-0.2, -0.15) is 0 Å². The maximum Gasteiger partial charge on any atom is 0.220 e. The molecule has 0 bridgehead atoms. The van der Waals surface area contributed by atoms with Crippen LogP contribution in [0.25, 0.3) is 0 Å². The van der Waals surface area contributed by atoms with Crippen LogP contribution in [0.2, 0.25) is 0 Å². The van der Waals surface area contributed by atoms with Gasteiger partial charge in [-0.3, -0.25) is 4.79 Å². The highest BCUT2D eigenvalue weighted by molar-refractivity contribution is 5.76. The summed E-state index contributed by atoms with van der Waals surface area (Å²) in [4.78, 5) is 12.0. The molecule has 18 heavy (non-hydrogen) atoms. The highest BCUT2D eigenvalue weighted by Gasteiger charge is 2.33. The van der Waals surface area contributed by atoms with Crippen LogP contribution < -0.4 is 11.1 Å². The molecule has 0 radical (unpaired) electrons. The Kier molecular flexibility index (Phi) is 5.01. The van der Waals surface area contributed by atoms with E-state index >= 15 is 0 Å².